The molecule has 0 aliphatic rings. The zero-order valence-electron chi connectivity index (χ0n) is 7.53. The van der Waals surface area contributed by atoms with E-state index in [1.807, 2.05) is 0 Å². The molecule has 1 rings (SSSR count). The van der Waals surface area contributed by atoms with Crippen molar-refractivity contribution in [3.63, 3.8) is 0 Å². The molecule has 1 atom stereocenters. The van der Waals surface area contributed by atoms with E-state index in [0.717, 1.165) is 18.5 Å². The second-order valence-electron chi connectivity index (χ2n) is 2.60. The van der Waals surface area contributed by atoms with Crippen LogP contribution >= 0.6 is 0 Å². The van der Waals surface area contributed by atoms with Gasteiger partial charge in [-0.2, -0.15) is 0 Å². The summed E-state index contributed by atoms with van der Waals surface area (Å²) in [5.74, 6) is 0.887. The number of hydrogen-bond acceptors (Lipinski definition) is 3. The van der Waals surface area contributed by atoms with Crippen LogP contribution < -0.4 is 5.32 Å². The monoisotopic (exact) mass is 179 g/mol. The van der Waals surface area contributed by atoms with Crippen LogP contribution in [0.1, 0.15) is 25.2 Å². The number of allylic oxidation sites excluding steroid dienone is 1. The summed E-state index contributed by atoms with van der Waals surface area (Å²) in [6.07, 6.45) is 8.19. The molecule has 70 valence electrons. The van der Waals surface area contributed by atoms with Gasteiger partial charge in [-0.1, -0.05) is 6.92 Å². The van der Waals surface area contributed by atoms with Crippen LogP contribution in [0.4, 0.5) is 0 Å². The quantitative estimate of drug-likeness (QED) is 0.527. The van der Waals surface area contributed by atoms with E-state index in [1.165, 1.54) is 6.08 Å². The predicted molar refractivity (Wildman–Crippen MR) is 50.0 cm³/mol. The molecule has 0 aliphatic heterocycles. The minimum Gasteiger partial charge on any atom is -0.381 e. The molecule has 0 radical (unpaired) electrons. The van der Waals surface area contributed by atoms with Gasteiger partial charge in [0.05, 0.1) is 6.04 Å². The molecule has 0 aliphatic carbocycles. The Kier molecular flexibility index (Phi) is 3.75. The Hall–Kier alpha value is -1.58. The lowest BCUT2D eigenvalue weighted by Crippen LogP contribution is -2.15. The maximum absolute atomic E-state index is 10.0. The Morgan fingerprint density at radius 3 is 3.15 bits per heavy atom. The second kappa shape index (κ2) is 5.13. The summed E-state index contributed by atoms with van der Waals surface area (Å²) >= 11 is 0. The number of carbonyl (C=O) groups is 1. The van der Waals surface area contributed by atoms with Crippen molar-refractivity contribution in [1.29, 1.82) is 0 Å². The molecule has 0 amide bonds. The molecule has 1 aromatic heterocycles. The maximum atomic E-state index is 10.0. The van der Waals surface area contributed by atoms with Gasteiger partial charge in [0.15, 0.2) is 0 Å². The fraction of sp³-hybridized carbons (Fsp3) is 0.333. The van der Waals surface area contributed by atoms with Crippen LogP contribution in [0.5, 0.6) is 0 Å². The summed E-state index contributed by atoms with van der Waals surface area (Å²) in [5, 5.41) is 3.07. The first-order valence-corrected chi connectivity index (χ1v) is 4.24. The summed E-state index contributed by atoms with van der Waals surface area (Å²) in [7, 11) is 0. The second-order valence-corrected chi connectivity index (χ2v) is 2.60. The average Bonchev–Trinajstić information content (AvgIpc) is 2.65. The zero-order valence-corrected chi connectivity index (χ0v) is 7.53. The van der Waals surface area contributed by atoms with Gasteiger partial charge in [0.25, 0.3) is 0 Å². The highest BCUT2D eigenvalue weighted by atomic mass is 16.1. The minimum absolute atomic E-state index is 0.145. The van der Waals surface area contributed by atoms with Gasteiger partial charge in [0.2, 0.25) is 0 Å². The van der Waals surface area contributed by atoms with Gasteiger partial charge in [0, 0.05) is 18.6 Å². The van der Waals surface area contributed by atoms with Crippen LogP contribution in [0, 0.1) is 0 Å². The van der Waals surface area contributed by atoms with Crippen molar-refractivity contribution in [2.45, 2.75) is 19.4 Å². The number of H-pyrrole nitrogens is 1. The molecule has 13 heavy (non-hydrogen) atoms. The van der Waals surface area contributed by atoms with Crippen molar-refractivity contribution in [3.8, 4) is 0 Å². The SMILES string of the molecule is CCC(NC=CC=O)c1ncc[nH]1. The predicted octanol–water partition coefficient (Wildman–Crippen LogP) is 1.16. The number of nitrogens with one attached hydrogen (secondary N) is 2. The van der Waals surface area contributed by atoms with Gasteiger partial charge in [-0.05, 0) is 12.5 Å². The number of imidazole rings is 1. The maximum Gasteiger partial charge on any atom is 0.144 e. The Bertz CT molecular complexity index is 266. The molecular weight excluding hydrogens is 166 g/mol. The molecule has 4 nitrogen and oxygen atoms in total. The molecule has 0 saturated carbocycles. The smallest absolute Gasteiger partial charge is 0.144 e. The highest BCUT2D eigenvalue weighted by Gasteiger charge is 2.07. The van der Waals surface area contributed by atoms with E-state index in [0.29, 0.717) is 0 Å². The number of nitrogens with zero attached hydrogens (tertiary/aromatic N) is 1. The zero-order chi connectivity index (χ0) is 9.52. The Labute approximate surface area is 77.1 Å². The molecule has 2 N–H and O–H groups in total. The fourth-order valence-electron chi connectivity index (χ4n) is 1.07. The van der Waals surface area contributed by atoms with Crippen LogP contribution in [-0.4, -0.2) is 16.3 Å². The first-order valence-electron chi connectivity index (χ1n) is 4.24. The summed E-state index contributed by atoms with van der Waals surface area (Å²) in [5.41, 5.74) is 0. The summed E-state index contributed by atoms with van der Waals surface area (Å²) in [4.78, 5) is 17.2. The van der Waals surface area contributed by atoms with Crippen molar-refractivity contribution >= 4 is 6.29 Å². The molecule has 0 saturated heterocycles. The summed E-state index contributed by atoms with van der Waals surface area (Å²) in [6, 6.07) is 0.145. The Morgan fingerprint density at radius 2 is 2.62 bits per heavy atom. The molecular formula is C9H13N3O. The van der Waals surface area contributed by atoms with Gasteiger partial charge in [0.1, 0.15) is 12.1 Å². The van der Waals surface area contributed by atoms with Crippen LogP contribution in [0.25, 0.3) is 0 Å². The first-order chi connectivity index (χ1) is 6.38. The van der Waals surface area contributed by atoms with Crippen LogP contribution in [0.15, 0.2) is 24.7 Å². The lowest BCUT2D eigenvalue weighted by atomic mass is 10.2. The van der Waals surface area contributed by atoms with Gasteiger partial charge in [-0.25, -0.2) is 4.98 Å². The van der Waals surface area contributed by atoms with E-state index < -0.39 is 0 Å². The Balaban J connectivity index is 2.53. The average molecular weight is 179 g/mol. The van der Waals surface area contributed by atoms with E-state index in [9.17, 15) is 4.79 Å². The lowest BCUT2D eigenvalue weighted by molar-refractivity contribution is -0.104. The van der Waals surface area contributed by atoms with Crippen LogP contribution in [0.2, 0.25) is 0 Å². The highest BCUT2D eigenvalue weighted by molar-refractivity contribution is 5.64. The third-order valence-electron chi connectivity index (χ3n) is 1.73. The largest absolute Gasteiger partial charge is 0.381 e. The molecule has 1 heterocycles. The molecule has 0 aromatic carbocycles. The number of carbonyl (C=O) groups excluding carboxylic acids is 1. The van der Waals surface area contributed by atoms with Gasteiger partial charge in [-0.3, -0.25) is 4.79 Å². The van der Waals surface area contributed by atoms with Gasteiger partial charge in [-0.15, -0.1) is 0 Å². The molecule has 0 spiro atoms. The van der Waals surface area contributed by atoms with Crippen LogP contribution in [0.3, 0.4) is 0 Å². The Morgan fingerprint density at radius 1 is 1.77 bits per heavy atom. The molecule has 1 unspecified atom stereocenters. The highest BCUT2D eigenvalue weighted by Crippen LogP contribution is 2.10. The van der Waals surface area contributed by atoms with Crippen molar-refractivity contribution in [2.24, 2.45) is 0 Å². The van der Waals surface area contributed by atoms with Gasteiger partial charge < -0.3 is 10.3 Å². The van der Waals surface area contributed by atoms with E-state index in [2.05, 4.69) is 22.2 Å². The third kappa shape index (κ3) is 2.74. The first kappa shape index (κ1) is 9.51. The fourth-order valence-corrected chi connectivity index (χ4v) is 1.07. The molecule has 0 fully saturated rings. The van der Waals surface area contributed by atoms with E-state index in [-0.39, 0.29) is 6.04 Å². The number of aromatic nitrogens is 2. The number of hydrogen-bond donors (Lipinski definition) is 2. The minimum atomic E-state index is 0.145. The number of aldehydes is 1. The standard InChI is InChI=1S/C9H13N3O/c1-2-8(10-4-3-7-13)9-11-5-6-12-9/h3-8,10H,2H2,1H3,(H,11,12). The van der Waals surface area contributed by atoms with Gasteiger partial charge >= 0.3 is 0 Å². The van der Waals surface area contributed by atoms with Crippen molar-refractivity contribution in [1.82, 2.24) is 15.3 Å². The summed E-state index contributed by atoms with van der Waals surface area (Å²) in [6.45, 7) is 2.05. The summed E-state index contributed by atoms with van der Waals surface area (Å²) < 4.78 is 0. The molecule has 1 aromatic rings. The topological polar surface area (TPSA) is 57.8 Å². The number of rotatable bonds is 5. The normalized spacial score (nSPS) is 13.0. The third-order valence-corrected chi connectivity index (χ3v) is 1.73. The van der Waals surface area contributed by atoms with E-state index in [4.69, 9.17) is 0 Å². The van der Waals surface area contributed by atoms with E-state index >= 15 is 0 Å². The van der Waals surface area contributed by atoms with Crippen molar-refractivity contribution < 1.29 is 4.79 Å². The molecule has 4 heteroatoms. The lowest BCUT2D eigenvalue weighted by Gasteiger charge is -2.11. The number of aromatic amines is 1. The van der Waals surface area contributed by atoms with E-state index in [1.54, 1.807) is 18.6 Å². The van der Waals surface area contributed by atoms with Crippen molar-refractivity contribution in [2.75, 3.05) is 0 Å². The van der Waals surface area contributed by atoms with Crippen molar-refractivity contribution in [3.05, 3.63) is 30.5 Å². The van der Waals surface area contributed by atoms with Crippen LogP contribution in [-0.2, 0) is 4.79 Å². The molecule has 0 bridgehead atoms.